The topological polar surface area (TPSA) is 95.9 Å². The molecule has 0 aliphatic rings. The highest BCUT2D eigenvalue weighted by atomic mass is 16.5. The van der Waals surface area contributed by atoms with Crippen molar-refractivity contribution in [3.63, 3.8) is 0 Å². The average molecular weight is 1000 g/mol. The normalized spacial score (nSPS) is 12.7. The highest BCUT2D eigenvalue weighted by molar-refractivity contribution is 5.76. The van der Waals surface area contributed by atoms with Crippen molar-refractivity contribution in [3.8, 4) is 0 Å². The van der Waals surface area contributed by atoms with E-state index in [-0.39, 0.29) is 18.5 Å². The van der Waals surface area contributed by atoms with Gasteiger partial charge in [-0.1, -0.05) is 289 Å². The van der Waals surface area contributed by atoms with Crippen LogP contribution in [0.3, 0.4) is 0 Å². The molecule has 0 radical (unpaired) electrons. The molecule has 0 aliphatic heterocycles. The van der Waals surface area contributed by atoms with Gasteiger partial charge in [0.15, 0.2) is 0 Å². The number of unbranched alkanes of at least 4 members (excludes halogenated alkanes) is 45. The van der Waals surface area contributed by atoms with Crippen LogP contribution in [0, 0.1) is 0 Å². The summed E-state index contributed by atoms with van der Waals surface area (Å²) < 4.78 is 5.47. The van der Waals surface area contributed by atoms with Crippen LogP contribution in [-0.4, -0.2) is 47.4 Å². The van der Waals surface area contributed by atoms with E-state index in [1.54, 1.807) is 0 Å². The van der Waals surface area contributed by atoms with Gasteiger partial charge in [-0.25, -0.2) is 0 Å². The number of allylic oxidation sites excluding steroid dienone is 4. The number of carbonyl (C=O) groups excluding carboxylic acids is 2. The third-order valence-corrected chi connectivity index (χ3v) is 15.0. The third kappa shape index (κ3) is 57.5. The van der Waals surface area contributed by atoms with Gasteiger partial charge < -0.3 is 20.3 Å². The molecule has 2 atom stereocenters. The number of carbonyl (C=O) groups is 2. The molecule has 71 heavy (non-hydrogen) atoms. The van der Waals surface area contributed by atoms with Gasteiger partial charge in [0.1, 0.15) is 0 Å². The summed E-state index contributed by atoms with van der Waals surface area (Å²) in [5.41, 5.74) is 0. The second-order valence-electron chi connectivity index (χ2n) is 22.1. The Labute approximate surface area is 443 Å². The van der Waals surface area contributed by atoms with E-state index >= 15 is 0 Å². The van der Waals surface area contributed by atoms with Crippen LogP contribution in [0.2, 0.25) is 0 Å². The molecule has 420 valence electrons. The average Bonchev–Trinajstić information content (AvgIpc) is 3.37. The smallest absolute Gasteiger partial charge is 0.305 e. The zero-order valence-electron chi connectivity index (χ0n) is 48.0. The molecule has 0 bridgehead atoms. The Morgan fingerprint density at radius 2 is 0.662 bits per heavy atom. The molecule has 6 nitrogen and oxygen atoms in total. The summed E-state index contributed by atoms with van der Waals surface area (Å²) in [7, 11) is 0. The lowest BCUT2D eigenvalue weighted by molar-refractivity contribution is -0.143. The van der Waals surface area contributed by atoms with Crippen molar-refractivity contribution in [1.82, 2.24) is 5.32 Å². The molecule has 0 saturated heterocycles. The van der Waals surface area contributed by atoms with E-state index in [1.807, 2.05) is 0 Å². The van der Waals surface area contributed by atoms with E-state index in [4.69, 9.17) is 4.74 Å². The number of amides is 1. The van der Waals surface area contributed by atoms with Crippen molar-refractivity contribution in [3.05, 3.63) is 24.3 Å². The van der Waals surface area contributed by atoms with Crippen molar-refractivity contribution in [2.24, 2.45) is 0 Å². The molecule has 3 N–H and O–H groups in total. The maximum atomic E-state index is 12.5. The van der Waals surface area contributed by atoms with Gasteiger partial charge in [-0.15, -0.1) is 0 Å². The molecule has 0 aromatic rings. The van der Waals surface area contributed by atoms with Gasteiger partial charge in [0.05, 0.1) is 25.4 Å². The number of rotatable bonds is 60. The Morgan fingerprint density at radius 3 is 1.03 bits per heavy atom. The minimum Gasteiger partial charge on any atom is -0.466 e. The van der Waals surface area contributed by atoms with Crippen LogP contribution in [0.4, 0.5) is 0 Å². The van der Waals surface area contributed by atoms with Crippen molar-refractivity contribution in [1.29, 1.82) is 0 Å². The summed E-state index contributed by atoms with van der Waals surface area (Å²) >= 11 is 0. The van der Waals surface area contributed by atoms with E-state index in [1.165, 1.54) is 276 Å². The van der Waals surface area contributed by atoms with E-state index < -0.39 is 12.1 Å². The number of aliphatic hydroxyl groups is 2. The van der Waals surface area contributed by atoms with Crippen molar-refractivity contribution in [2.45, 2.75) is 366 Å². The Bertz CT molecular complexity index is 1110. The van der Waals surface area contributed by atoms with Gasteiger partial charge in [0.2, 0.25) is 5.91 Å². The predicted molar refractivity (Wildman–Crippen MR) is 310 cm³/mol. The van der Waals surface area contributed by atoms with Crippen LogP contribution >= 0.6 is 0 Å². The fourth-order valence-corrected chi connectivity index (χ4v) is 10.0. The Kier molecular flexibility index (Phi) is 59.5. The molecule has 6 heteroatoms. The van der Waals surface area contributed by atoms with Crippen molar-refractivity contribution in [2.75, 3.05) is 13.2 Å². The number of aliphatic hydroxyl groups excluding tert-OH is 2. The maximum absolute atomic E-state index is 12.5. The van der Waals surface area contributed by atoms with Gasteiger partial charge in [-0.2, -0.15) is 0 Å². The van der Waals surface area contributed by atoms with Crippen LogP contribution in [0.15, 0.2) is 24.3 Å². The minimum atomic E-state index is -0.661. The summed E-state index contributed by atoms with van der Waals surface area (Å²) in [6.07, 6.45) is 75.0. The first-order valence-electron chi connectivity index (χ1n) is 32.1. The number of nitrogens with one attached hydrogen (secondary N) is 1. The first-order chi connectivity index (χ1) is 35.0. The summed E-state index contributed by atoms with van der Waals surface area (Å²) in [5.74, 6) is -0.0254. The standard InChI is InChI=1S/C65H125NO5/c1-3-5-7-9-11-13-15-37-41-45-49-53-57-63(68)62(61-67)66-64(69)58-54-50-46-42-38-35-33-31-29-27-25-23-21-19-17-18-20-22-24-26-28-30-32-34-36-40-44-48-52-56-60-71-65(70)59-55-51-47-43-39-16-14-12-10-8-6-4-2/h12,14,18,20,62-63,67-68H,3-11,13,15-17,19,21-61H2,1-2H3,(H,66,69)/b14-12-,20-18-. The Hall–Kier alpha value is -1.66. The lowest BCUT2D eigenvalue weighted by Crippen LogP contribution is -2.45. The van der Waals surface area contributed by atoms with Crippen molar-refractivity contribution >= 4 is 11.9 Å². The van der Waals surface area contributed by atoms with Crippen molar-refractivity contribution < 1.29 is 24.5 Å². The monoisotopic (exact) mass is 1000 g/mol. The number of hydrogen-bond donors (Lipinski definition) is 3. The predicted octanol–water partition coefficient (Wildman–Crippen LogP) is 20.2. The lowest BCUT2D eigenvalue weighted by atomic mass is 10.0. The zero-order chi connectivity index (χ0) is 51.4. The lowest BCUT2D eigenvalue weighted by Gasteiger charge is -2.22. The second kappa shape index (κ2) is 60.9. The fourth-order valence-electron chi connectivity index (χ4n) is 10.0. The summed E-state index contributed by atoms with van der Waals surface area (Å²) in [6, 6.07) is -0.539. The van der Waals surface area contributed by atoms with Crippen LogP contribution in [0.5, 0.6) is 0 Å². The van der Waals surface area contributed by atoms with Gasteiger partial charge in [-0.3, -0.25) is 9.59 Å². The van der Waals surface area contributed by atoms with Gasteiger partial charge in [0, 0.05) is 12.8 Å². The summed E-state index contributed by atoms with van der Waals surface area (Å²) in [5, 5.41) is 23.2. The summed E-state index contributed by atoms with van der Waals surface area (Å²) in [4.78, 5) is 24.5. The molecular formula is C65H125NO5. The molecule has 0 aromatic carbocycles. The van der Waals surface area contributed by atoms with Gasteiger partial charge >= 0.3 is 5.97 Å². The van der Waals surface area contributed by atoms with Crippen LogP contribution in [-0.2, 0) is 14.3 Å². The zero-order valence-corrected chi connectivity index (χ0v) is 48.0. The van der Waals surface area contributed by atoms with E-state index in [0.717, 1.165) is 44.9 Å². The van der Waals surface area contributed by atoms with E-state index in [2.05, 4.69) is 43.5 Å². The first-order valence-corrected chi connectivity index (χ1v) is 32.1. The van der Waals surface area contributed by atoms with Crippen LogP contribution < -0.4 is 5.32 Å². The Balaban J connectivity index is 3.35. The first kappa shape index (κ1) is 69.3. The number of esters is 1. The molecule has 1 amide bonds. The Morgan fingerprint density at radius 1 is 0.380 bits per heavy atom. The second-order valence-corrected chi connectivity index (χ2v) is 22.1. The van der Waals surface area contributed by atoms with E-state index in [9.17, 15) is 19.8 Å². The third-order valence-electron chi connectivity index (χ3n) is 15.0. The molecule has 0 saturated carbocycles. The van der Waals surface area contributed by atoms with E-state index in [0.29, 0.717) is 25.9 Å². The maximum Gasteiger partial charge on any atom is 0.305 e. The van der Waals surface area contributed by atoms with Gasteiger partial charge in [-0.05, 0) is 77.0 Å². The number of hydrogen-bond acceptors (Lipinski definition) is 5. The molecule has 0 aromatic heterocycles. The van der Waals surface area contributed by atoms with Gasteiger partial charge in [0.25, 0.3) is 0 Å². The summed E-state index contributed by atoms with van der Waals surface area (Å²) in [6.45, 7) is 4.94. The van der Waals surface area contributed by atoms with Crippen LogP contribution in [0.25, 0.3) is 0 Å². The molecule has 0 aliphatic carbocycles. The molecular weight excluding hydrogens is 875 g/mol. The molecule has 2 unspecified atom stereocenters. The molecule has 0 rings (SSSR count). The molecule has 0 spiro atoms. The number of ether oxygens (including phenoxy) is 1. The van der Waals surface area contributed by atoms with Crippen LogP contribution in [0.1, 0.15) is 354 Å². The largest absolute Gasteiger partial charge is 0.466 e. The molecule has 0 heterocycles. The highest BCUT2D eigenvalue weighted by Crippen LogP contribution is 2.18. The quantitative estimate of drug-likeness (QED) is 0.0320. The SMILES string of the molecule is CCCCC/C=C\CCCCCCCC(=O)OCCCCCCCCCCCCCC/C=C\CCCCCCCCCCCCCCCCC(=O)NC(CO)C(O)CCCCCCCCCCCCCC. The minimum absolute atomic E-state index is 0.00717. The molecule has 0 fully saturated rings. The highest BCUT2D eigenvalue weighted by Gasteiger charge is 2.20. The fraction of sp³-hybridized carbons (Fsp3) is 0.908.